The van der Waals surface area contributed by atoms with Crippen molar-refractivity contribution >= 4 is 6.29 Å². The highest BCUT2D eigenvalue weighted by Gasteiger charge is 1.92. The first-order valence-electron chi connectivity index (χ1n) is 5.66. The maximum absolute atomic E-state index is 10.3. The minimum atomic E-state index is 0.323. The van der Waals surface area contributed by atoms with Crippen molar-refractivity contribution in [2.75, 3.05) is 0 Å². The van der Waals surface area contributed by atoms with E-state index in [1.165, 1.54) is 11.1 Å². The van der Waals surface area contributed by atoms with Crippen LogP contribution in [0.4, 0.5) is 0 Å². The first-order valence-corrected chi connectivity index (χ1v) is 5.66. The summed E-state index contributed by atoms with van der Waals surface area (Å²) in [6.07, 6.45) is 13.9. The average molecular weight is 218 g/mol. The fourth-order valence-electron chi connectivity index (χ4n) is 1.08. The third-order valence-electron chi connectivity index (χ3n) is 2.06. The second kappa shape index (κ2) is 8.90. The molecule has 0 fully saturated rings. The molecule has 0 amide bonds. The molecule has 0 aliphatic heterocycles. The van der Waals surface area contributed by atoms with E-state index >= 15 is 0 Å². The maximum Gasteiger partial charge on any atom is 0.120 e. The number of allylic oxidation sites excluding steroid dienone is 8. The molecule has 0 radical (unpaired) electrons. The second-order valence-corrected chi connectivity index (χ2v) is 4.28. The van der Waals surface area contributed by atoms with Crippen molar-refractivity contribution in [3.05, 3.63) is 47.6 Å². The molecule has 0 aliphatic rings. The number of aldehydes is 1. The van der Waals surface area contributed by atoms with E-state index in [0.29, 0.717) is 12.3 Å². The summed E-state index contributed by atoms with van der Waals surface area (Å²) in [5.74, 6) is 0.323. The Labute approximate surface area is 99.3 Å². The van der Waals surface area contributed by atoms with E-state index < -0.39 is 0 Å². The van der Waals surface area contributed by atoms with Gasteiger partial charge in [-0.2, -0.15) is 0 Å². The predicted molar refractivity (Wildman–Crippen MR) is 71.3 cm³/mol. The highest BCUT2D eigenvalue weighted by atomic mass is 16.1. The molecular formula is C15H22O. The zero-order valence-corrected chi connectivity index (χ0v) is 10.7. The minimum absolute atomic E-state index is 0.323. The summed E-state index contributed by atoms with van der Waals surface area (Å²) < 4.78 is 0. The van der Waals surface area contributed by atoms with Gasteiger partial charge in [0, 0.05) is 6.42 Å². The Kier molecular flexibility index (Phi) is 8.14. The van der Waals surface area contributed by atoms with Crippen molar-refractivity contribution in [3.63, 3.8) is 0 Å². The Balaban J connectivity index is 4.18. The molecule has 0 spiro atoms. The predicted octanol–water partition coefficient (Wildman–Crippen LogP) is 4.24. The summed E-state index contributed by atoms with van der Waals surface area (Å²) in [5.41, 5.74) is 2.49. The van der Waals surface area contributed by atoms with Gasteiger partial charge in [0.05, 0.1) is 0 Å². The lowest BCUT2D eigenvalue weighted by Crippen LogP contribution is -1.88. The Morgan fingerprint density at radius 3 is 2.38 bits per heavy atom. The van der Waals surface area contributed by atoms with E-state index in [-0.39, 0.29) is 0 Å². The Hall–Kier alpha value is -1.37. The summed E-state index contributed by atoms with van der Waals surface area (Å²) >= 11 is 0. The van der Waals surface area contributed by atoms with Crippen LogP contribution in [0, 0.1) is 5.92 Å². The van der Waals surface area contributed by atoms with Crippen LogP contribution in [-0.4, -0.2) is 6.29 Å². The smallest absolute Gasteiger partial charge is 0.120 e. The SMILES string of the molecule is CC(C)=C/C=C/C(C)=C/C=C/C(C)CC=O. The van der Waals surface area contributed by atoms with Gasteiger partial charge in [0.1, 0.15) is 6.29 Å². The largest absolute Gasteiger partial charge is 0.303 e. The van der Waals surface area contributed by atoms with Gasteiger partial charge in [0.2, 0.25) is 0 Å². The van der Waals surface area contributed by atoms with Gasteiger partial charge in [-0.1, -0.05) is 54.5 Å². The van der Waals surface area contributed by atoms with Crippen molar-refractivity contribution < 1.29 is 4.79 Å². The monoisotopic (exact) mass is 218 g/mol. The number of rotatable bonds is 6. The number of hydrogen-bond donors (Lipinski definition) is 0. The molecule has 1 nitrogen and oxygen atoms in total. The lowest BCUT2D eigenvalue weighted by atomic mass is 10.1. The highest BCUT2D eigenvalue weighted by Crippen LogP contribution is 2.03. The first kappa shape index (κ1) is 14.6. The van der Waals surface area contributed by atoms with E-state index in [1.54, 1.807) is 0 Å². The molecule has 0 heterocycles. The van der Waals surface area contributed by atoms with Crippen molar-refractivity contribution in [1.29, 1.82) is 0 Å². The third kappa shape index (κ3) is 9.20. The van der Waals surface area contributed by atoms with Gasteiger partial charge in [-0.05, 0) is 26.7 Å². The molecule has 0 aromatic rings. The number of carbonyl (C=O) groups is 1. The third-order valence-corrected chi connectivity index (χ3v) is 2.06. The summed E-state index contributed by atoms with van der Waals surface area (Å²) in [7, 11) is 0. The molecule has 0 saturated carbocycles. The molecule has 0 aromatic carbocycles. The fraction of sp³-hybridized carbons (Fsp3) is 0.400. The molecule has 0 N–H and O–H groups in total. The number of carbonyl (C=O) groups excluding carboxylic acids is 1. The summed E-state index contributed by atoms with van der Waals surface area (Å²) in [5, 5.41) is 0. The van der Waals surface area contributed by atoms with Gasteiger partial charge >= 0.3 is 0 Å². The zero-order valence-electron chi connectivity index (χ0n) is 10.7. The lowest BCUT2D eigenvalue weighted by Gasteiger charge is -1.96. The Bertz CT molecular complexity index is 312. The van der Waals surface area contributed by atoms with E-state index in [2.05, 4.69) is 39.0 Å². The van der Waals surface area contributed by atoms with Crippen molar-refractivity contribution in [1.82, 2.24) is 0 Å². The van der Waals surface area contributed by atoms with Gasteiger partial charge < -0.3 is 4.79 Å². The van der Waals surface area contributed by atoms with Crippen LogP contribution in [0.3, 0.4) is 0 Å². The summed E-state index contributed by atoms with van der Waals surface area (Å²) in [6.45, 7) is 8.24. The summed E-state index contributed by atoms with van der Waals surface area (Å²) in [6, 6.07) is 0. The van der Waals surface area contributed by atoms with Crippen molar-refractivity contribution in [2.24, 2.45) is 5.92 Å². The molecule has 88 valence electrons. The fourth-order valence-corrected chi connectivity index (χ4v) is 1.08. The molecule has 0 saturated heterocycles. The molecule has 1 atom stereocenters. The van der Waals surface area contributed by atoms with Gasteiger partial charge in [-0.25, -0.2) is 0 Å². The van der Waals surface area contributed by atoms with Crippen LogP contribution >= 0.6 is 0 Å². The second-order valence-electron chi connectivity index (χ2n) is 4.28. The van der Waals surface area contributed by atoms with Gasteiger partial charge in [0.15, 0.2) is 0 Å². The van der Waals surface area contributed by atoms with Gasteiger partial charge in [-0.3, -0.25) is 0 Å². The molecule has 0 bridgehead atoms. The van der Waals surface area contributed by atoms with Crippen LogP contribution in [0.25, 0.3) is 0 Å². The van der Waals surface area contributed by atoms with E-state index in [0.717, 1.165) is 6.29 Å². The quantitative estimate of drug-likeness (QED) is 0.481. The van der Waals surface area contributed by atoms with Gasteiger partial charge in [0.25, 0.3) is 0 Å². The molecular weight excluding hydrogens is 196 g/mol. The zero-order chi connectivity index (χ0) is 12.4. The van der Waals surface area contributed by atoms with Crippen LogP contribution in [0.1, 0.15) is 34.1 Å². The molecule has 0 aromatic heterocycles. The molecule has 1 unspecified atom stereocenters. The van der Waals surface area contributed by atoms with E-state index in [9.17, 15) is 4.79 Å². The normalized spacial score (nSPS) is 14.4. The maximum atomic E-state index is 10.3. The topological polar surface area (TPSA) is 17.1 Å². The van der Waals surface area contributed by atoms with Crippen LogP contribution in [0.15, 0.2) is 47.6 Å². The lowest BCUT2D eigenvalue weighted by molar-refractivity contribution is -0.108. The average Bonchev–Trinajstić information content (AvgIpc) is 2.17. The molecule has 1 heteroatoms. The first-order chi connectivity index (χ1) is 7.56. The molecule has 0 rings (SSSR count). The van der Waals surface area contributed by atoms with Crippen molar-refractivity contribution in [2.45, 2.75) is 34.1 Å². The van der Waals surface area contributed by atoms with Gasteiger partial charge in [-0.15, -0.1) is 0 Å². The molecule has 0 aliphatic carbocycles. The highest BCUT2D eigenvalue weighted by molar-refractivity contribution is 5.50. The van der Waals surface area contributed by atoms with E-state index in [4.69, 9.17) is 0 Å². The van der Waals surface area contributed by atoms with Crippen LogP contribution in [0.5, 0.6) is 0 Å². The van der Waals surface area contributed by atoms with Crippen LogP contribution in [0.2, 0.25) is 0 Å². The van der Waals surface area contributed by atoms with Crippen LogP contribution < -0.4 is 0 Å². The minimum Gasteiger partial charge on any atom is -0.303 e. The Morgan fingerprint density at radius 1 is 1.12 bits per heavy atom. The summed E-state index contributed by atoms with van der Waals surface area (Å²) in [4.78, 5) is 10.3. The van der Waals surface area contributed by atoms with E-state index in [1.807, 2.05) is 25.2 Å². The Morgan fingerprint density at radius 2 is 1.81 bits per heavy atom. The van der Waals surface area contributed by atoms with Crippen LogP contribution in [-0.2, 0) is 4.79 Å². The standard InChI is InChI=1S/C15H22O/c1-13(2)7-5-8-14(3)9-6-10-15(4)11-12-16/h5-10,12,15H,11H2,1-4H3/b8-5+,10-6+,14-9+. The molecule has 16 heavy (non-hydrogen) atoms. The number of hydrogen-bond acceptors (Lipinski definition) is 1. The van der Waals surface area contributed by atoms with Crippen molar-refractivity contribution in [3.8, 4) is 0 Å².